The summed E-state index contributed by atoms with van der Waals surface area (Å²) in [5.74, 6) is -0.842. The molecule has 0 unspecified atom stereocenters. The van der Waals surface area contributed by atoms with Gasteiger partial charge < -0.3 is 15.7 Å². The monoisotopic (exact) mass is 524 g/mol. The van der Waals surface area contributed by atoms with Crippen molar-refractivity contribution in [2.45, 2.75) is 33.1 Å². The molecule has 5 aromatic rings. The van der Waals surface area contributed by atoms with Crippen LogP contribution in [0.25, 0.3) is 33.2 Å². The van der Waals surface area contributed by atoms with E-state index < -0.39 is 17.6 Å². The number of phenols is 1. The quantitative estimate of drug-likeness (QED) is 0.312. The molecule has 5 rings (SSSR count). The fourth-order valence-corrected chi connectivity index (χ4v) is 4.37. The number of carbonyl (C=O) groups is 1. The number of carbonyl (C=O) groups excluding carboxylic acids is 1. The number of hydrogen-bond acceptors (Lipinski definition) is 7. The zero-order valence-corrected chi connectivity index (χ0v) is 20.6. The fourth-order valence-electron chi connectivity index (χ4n) is 4.37. The molecule has 0 aliphatic heterocycles. The molecule has 0 bridgehead atoms. The van der Waals surface area contributed by atoms with Crippen LogP contribution in [0, 0.1) is 6.92 Å². The lowest BCUT2D eigenvalue weighted by Crippen LogP contribution is -2.27. The van der Waals surface area contributed by atoms with E-state index in [0.29, 0.717) is 6.54 Å². The lowest BCUT2D eigenvalue weighted by molar-refractivity contribution is -0.136. The van der Waals surface area contributed by atoms with Gasteiger partial charge in [0.1, 0.15) is 11.4 Å². The van der Waals surface area contributed by atoms with Gasteiger partial charge in [-0.05, 0) is 44.2 Å². The zero-order chi connectivity index (χ0) is 27.4. The lowest BCUT2D eigenvalue weighted by atomic mass is 10.0. The summed E-state index contributed by atoms with van der Waals surface area (Å²) in [5, 5.41) is 20.7. The summed E-state index contributed by atoms with van der Waals surface area (Å²) in [4.78, 5) is 23.8. The SMILES string of the molecule is CCn1ncc(CN(C)C(=O)c2nc(-c3cc(C(F)(F)F)c4[nH]nc(N)c4c3)nc3ccc(O)cc23)c1C. The standard InChI is InChI=1S/C25H23F3N8O2/c1-4-36-12(2)14(10-30-36)11-35(3)24(38)21-16-9-15(37)5-6-19(16)31-23(32-21)13-7-17-20(33-34-22(17)29)18(8-13)25(26,27)28/h5-10,37H,4,11H2,1-3H3,(H3,29,33,34). The largest absolute Gasteiger partial charge is 0.508 e. The zero-order valence-electron chi connectivity index (χ0n) is 20.6. The molecule has 4 N–H and O–H groups in total. The van der Waals surface area contributed by atoms with Crippen LogP contribution in [-0.2, 0) is 19.3 Å². The molecule has 0 atom stereocenters. The first-order valence-electron chi connectivity index (χ1n) is 11.6. The van der Waals surface area contributed by atoms with E-state index >= 15 is 0 Å². The van der Waals surface area contributed by atoms with Crippen LogP contribution in [0.1, 0.15) is 34.2 Å². The molecular formula is C25H23F3N8O2. The van der Waals surface area contributed by atoms with Crippen molar-refractivity contribution in [1.29, 1.82) is 0 Å². The van der Waals surface area contributed by atoms with E-state index in [2.05, 4.69) is 25.3 Å². The van der Waals surface area contributed by atoms with E-state index in [0.717, 1.165) is 17.3 Å². The second kappa shape index (κ2) is 9.01. The number of H-pyrrole nitrogens is 1. The molecule has 0 saturated heterocycles. The Morgan fingerprint density at radius 1 is 1.18 bits per heavy atom. The molecule has 3 aromatic heterocycles. The maximum absolute atomic E-state index is 13.9. The molecule has 196 valence electrons. The molecule has 3 heterocycles. The third kappa shape index (κ3) is 4.25. The second-order valence-electron chi connectivity index (χ2n) is 8.88. The number of nitrogens with zero attached hydrogens (tertiary/aromatic N) is 6. The molecule has 13 heteroatoms. The van der Waals surface area contributed by atoms with Crippen molar-refractivity contribution in [1.82, 2.24) is 34.8 Å². The Kier molecular flexibility index (Phi) is 5.93. The van der Waals surface area contributed by atoms with Crippen molar-refractivity contribution in [2.75, 3.05) is 12.8 Å². The molecule has 0 aliphatic rings. The number of amides is 1. The number of phenolic OH excluding ortho intramolecular Hbond substituents is 1. The number of halogens is 3. The topological polar surface area (TPSA) is 139 Å². The Balaban J connectivity index is 1.65. The van der Waals surface area contributed by atoms with Crippen LogP contribution in [0.5, 0.6) is 5.75 Å². The van der Waals surface area contributed by atoms with Gasteiger partial charge in [0.25, 0.3) is 5.91 Å². The minimum Gasteiger partial charge on any atom is -0.508 e. The highest BCUT2D eigenvalue weighted by molar-refractivity contribution is 6.05. The summed E-state index contributed by atoms with van der Waals surface area (Å²) in [6, 6.07) is 6.47. The molecular weight excluding hydrogens is 501 g/mol. The van der Waals surface area contributed by atoms with E-state index in [4.69, 9.17) is 5.73 Å². The van der Waals surface area contributed by atoms with Crippen molar-refractivity contribution in [3.05, 3.63) is 59.0 Å². The van der Waals surface area contributed by atoms with Gasteiger partial charge in [0.05, 0.1) is 22.8 Å². The molecule has 0 saturated carbocycles. The van der Waals surface area contributed by atoms with E-state index in [-0.39, 0.29) is 57.0 Å². The van der Waals surface area contributed by atoms with Gasteiger partial charge in [-0.25, -0.2) is 9.97 Å². The molecule has 10 nitrogen and oxygen atoms in total. The third-order valence-corrected chi connectivity index (χ3v) is 6.41. The molecule has 2 aromatic carbocycles. The van der Waals surface area contributed by atoms with Crippen molar-refractivity contribution in [3.63, 3.8) is 0 Å². The lowest BCUT2D eigenvalue weighted by Gasteiger charge is -2.18. The van der Waals surface area contributed by atoms with Crippen molar-refractivity contribution in [3.8, 4) is 17.1 Å². The molecule has 38 heavy (non-hydrogen) atoms. The maximum Gasteiger partial charge on any atom is 0.418 e. The fraction of sp³-hybridized carbons (Fsp3) is 0.240. The normalized spacial score (nSPS) is 11.9. The predicted octanol–water partition coefficient (Wildman–Crippen LogP) is 4.28. The van der Waals surface area contributed by atoms with Gasteiger partial charge in [-0.15, -0.1) is 0 Å². The first-order valence-corrected chi connectivity index (χ1v) is 11.6. The number of aromatic amines is 1. The molecule has 0 radical (unpaired) electrons. The van der Waals surface area contributed by atoms with Crippen LogP contribution in [-0.4, -0.2) is 52.9 Å². The smallest absolute Gasteiger partial charge is 0.418 e. The van der Waals surface area contributed by atoms with Crippen LogP contribution >= 0.6 is 0 Å². The Labute approximate surface area is 213 Å². The Morgan fingerprint density at radius 2 is 1.95 bits per heavy atom. The minimum atomic E-state index is -4.71. The molecule has 0 fully saturated rings. The number of nitrogens with two attached hydrogens (primary N) is 1. The van der Waals surface area contributed by atoms with Gasteiger partial charge in [0.15, 0.2) is 11.6 Å². The van der Waals surface area contributed by atoms with Gasteiger partial charge in [0, 0.05) is 47.7 Å². The van der Waals surface area contributed by atoms with Crippen LogP contribution in [0.2, 0.25) is 0 Å². The number of rotatable bonds is 5. The Hall–Kier alpha value is -4.68. The maximum atomic E-state index is 13.9. The minimum absolute atomic E-state index is 0.00432. The number of fused-ring (bicyclic) bond motifs is 2. The molecule has 0 spiro atoms. The van der Waals surface area contributed by atoms with Crippen molar-refractivity contribution < 1.29 is 23.1 Å². The summed E-state index contributed by atoms with van der Waals surface area (Å²) in [7, 11) is 1.58. The summed E-state index contributed by atoms with van der Waals surface area (Å²) >= 11 is 0. The summed E-state index contributed by atoms with van der Waals surface area (Å²) in [6.45, 7) is 4.75. The average Bonchev–Trinajstić information content (AvgIpc) is 3.43. The van der Waals surface area contributed by atoms with Crippen LogP contribution < -0.4 is 5.73 Å². The summed E-state index contributed by atoms with van der Waals surface area (Å²) in [6.07, 6.45) is -3.03. The van der Waals surface area contributed by atoms with Gasteiger partial charge in [-0.2, -0.15) is 23.4 Å². The second-order valence-corrected chi connectivity index (χ2v) is 8.88. The van der Waals surface area contributed by atoms with E-state index in [1.165, 1.54) is 29.2 Å². The van der Waals surface area contributed by atoms with Gasteiger partial charge in [-0.3, -0.25) is 14.6 Å². The average molecular weight is 525 g/mol. The number of aromatic nitrogens is 6. The van der Waals surface area contributed by atoms with E-state index in [9.17, 15) is 23.1 Å². The number of anilines is 1. The Bertz CT molecular complexity index is 1710. The molecule has 0 aliphatic carbocycles. The van der Waals surface area contributed by atoms with Gasteiger partial charge in [0.2, 0.25) is 0 Å². The summed E-state index contributed by atoms with van der Waals surface area (Å²) in [5.41, 5.74) is 6.51. The summed E-state index contributed by atoms with van der Waals surface area (Å²) < 4.78 is 43.4. The van der Waals surface area contributed by atoms with Crippen LogP contribution in [0.4, 0.5) is 19.0 Å². The van der Waals surface area contributed by atoms with Crippen LogP contribution in [0.3, 0.4) is 0 Å². The highest BCUT2D eigenvalue weighted by Gasteiger charge is 2.35. The highest BCUT2D eigenvalue weighted by atomic mass is 19.4. The van der Waals surface area contributed by atoms with Crippen molar-refractivity contribution >= 4 is 33.5 Å². The number of alkyl halides is 3. The third-order valence-electron chi connectivity index (χ3n) is 6.41. The molecule has 1 amide bonds. The first kappa shape index (κ1) is 25.0. The predicted molar refractivity (Wildman–Crippen MR) is 134 cm³/mol. The number of nitrogen functional groups attached to an aromatic ring is 1. The Morgan fingerprint density at radius 3 is 2.63 bits per heavy atom. The number of hydrogen-bond donors (Lipinski definition) is 3. The number of aromatic hydroxyl groups is 1. The number of benzene rings is 2. The van der Waals surface area contributed by atoms with Gasteiger partial charge in [-0.1, -0.05) is 0 Å². The van der Waals surface area contributed by atoms with E-state index in [1.54, 1.807) is 17.9 Å². The highest BCUT2D eigenvalue weighted by Crippen LogP contribution is 2.38. The van der Waals surface area contributed by atoms with Gasteiger partial charge >= 0.3 is 6.18 Å². The number of aryl methyl sites for hydroxylation is 1. The number of nitrogens with one attached hydrogen (secondary N) is 1. The first-order chi connectivity index (χ1) is 18.0. The van der Waals surface area contributed by atoms with Crippen LogP contribution in [0.15, 0.2) is 36.5 Å². The van der Waals surface area contributed by atoms with Crippen molar-refractivity contribution in [2.24, 2.45) is 0 Å². The van der Waals surface area contributed by atoms with E-state index in [1.807, 2.05) is 13.8 Å².